The molecule has 0 spiro atoms. The molecular formula is C19H42B2O3. The number of aliphatic hydroxyl groups excluding tert-OH is 1. The minimum Gasteiger partial charge on any atom is -0.396 e. The van der Waals surface area contributed by atoms with Crippen LogP contribution in [0.2, 0.25) is 10.6 Å². The first-order valence-electron chi connectivity index (χ1n) is 9.48. The minimum absolute atomic E-state index is 0.0997. The van der Waals surface area contributed by atoms with Crippen LogP contribution in [0.3, 0.4) is 0 Å². The first-order chi connectivity index (χ1) is 10.6. The van der Waals surface area contributed by atoms with Gasteiger partial charge in [0.15, 0.2) is 0 Å². The third-order valence-electron chi connectivity index (χ3n) is 5.11. The van der Waals surface area contributed by atoms with Crippen LogP contribution in [0.1, 0.15) is 74.7 Å². The molecule has 3 nitrogen and oxygen atoms in total. The molecule has 0 saturated carbocycles. The van der Waals surface area contributed by atoms with E-state index < -0.39 is 5.60 Å². The molecule has 1 N–H and O–H groups in total. The van der Waals surface area contributed by atoms with Gasteiger partial charge in [-0.2, -0.15) is 0 Å². The van der Waals surface area contributed by atoms with Crippen LogP contribution in [-0.4, -0.2) is 52.3 Å². The topological polar surface area (TPSA) is 38.7 Å². The Bertz CT molecular complexity index is 359. The lowest BCUT2D eigenvalue weighted by molar-refractivity contribution is -0.141. The second-order valence-corrected chi connectivity index (χ2v) is 10.6. The quantitative estimate of drug-likeness (QED) is 0.555. The summed E-state index contributed by atoms with van der Waals surface area (Å²) in [5.41, 5.74) is -0.722. The molecule has 0 amide bonds. The molecule has 0 aliphatic rings. The van der Waals surface area contributed by atoms with Gasteiger partial charge in [-0.3, -0.25) is 0 Å². The Morgan fingerprint density at radius 3 is 1.75 bits per heavy atom. The van der Waals surface area contributed by atoms with E-state index in [1.165, 1.54) is 0 Å². The van der Waals surface area contributed by atoms with Crippen LogP contribution in [0, 0.1) is 5.41 Å². The Morgan fingerprint density at radius 1 is 0.875 bits per heavy atom. The lowest BCUT2D eigenvalue weighted by Crippen LogP contribution is -2.48. The van der Waals surface area contributed by atoms with Crippen molar-refractivity contribution in [3.05, 3.63) is 0 Å². The molecule has 0 aromatic heterocycles. The van der Waals surface area contributed by atoms with Crippen molar-refractivity contribution in [2.45, 2.75) is 97.0 Å². The van der Waals surface area contributed by atoms with Gasteiger partial charge in [-0.1, -0.05) is 45.2 Å². The summed E-state index contributed by atoms with van der Waals surface area (Å²) in [6.45, 7) is 18.9. The SMILES string of the molecule is BC(C)(C)CCOC(C)CC(C)(CO)C(C)(C)OCCC(B)(C)C. The van der Waals surface area contributed by atoms with Crippen molar-refractivity contribution < 1.29 is 14.6 Å². The molecule has 0 bridgehead atoms. The summed E-state index contributed by atoms with van der Waals surface area (Å²) in [5, 5.41) is 10.6. The second-order valence-electron chi connectivity index (χ2n) is 10.6. The molecule has 2 unspecified atom stereocenters. The minimum atomic E-state index is -0.394. The van der Waals surface area contributed by atoms with Crippen LogP contribution in [0.15, 0.2) is 0 Å². The van der Waals surface area contributed by atoms with E-state index in [0.29, 0.717) is 6.61 Å². The summed E-state index contributed by atoms with van der Waals surface area (Å²) in [6, 6.07) is 0. The van der Waals surface area contributed by atoms with E-state index in [-0.39, 0.29) is 28.8 Å². The molecular weight excluding hydrogens is 298 g/mol. The molecule has 0 aromatic rings. The predicted molar refractivity (Wildman–Crippen MR) is 110 cm³/mol. The third-order valence-corrected chi connectivity index (χ3v) is 5.11. The zero-order chi connectivity index (χ0) is 19.2. The fourth-order valence-electron chi connectivity index (χ4n) is 2.55. The Morgan fingerprint density at radius 2 is 1.33 bits per heavy atom. The second kappa shape index (κ2) is 9.09. The maximum Gasteiger partial charge on any atom is 0.108 e. The highest BCUT2D eigenvalue weighted by molar-refractivity contribution is 6.14. The molecule has 0 aliphatic heterocycles. The highest BCUT2D eigenvalue weighted by Crippen LogP contribution is 2.39. The Kier molecular flexibility index (Phi) is 9.10. The molecule has 142 valence electrons. The van der Waals surface area contributed by atoms with Crippen LogP contribution in [0.4, 0.5) is 0 Å². The smallest absolute Gasteiger partial charge is 0.108 e. The number of aliphatic hydroxyl groups is 1. The summed E-state index contributed by atoms with van der Waals surface area (Å²) in [4.78, 5) is 0. The zero-order valence-electron chi connectivity index (χ0n) is 18.1. The van der Waals surface area contributed by atoms with Gasteiger partial charge >= 0.3 is 0 Å². The number of hydrogen-bond acceptors (Lipinski definition) is 3. The van der Waals surface area contributed by atoms with Gasteiger partial charge in [-0.25, -0.2) is 0 Å². The van der Waals surface area contributed by atoms with Gasteiger partial charge in [0.25, 0.3) is 0 Å². The van der Waals surface area contributed by atoms with E-state index in [4.69, 9.17) is 9.47 Å². The molecule has 0 heterocycles. The van der Waals surface area contributed by atoms with Crippen molar-refractivity contribution in [3.8, 4) is 0 Å². The fraction of sp³-hybridized carbons (Fsp3) is 1.00. The highest BCUT2D eigenvalue weighted by Gasteiger charge is 2.42. The van der Waals surface area contributed by atoms with E-state index in [2.05, 4.69) is 71.1 Å². The van der Waals surface area contributed by atoms with Gasteiger partial charge in [-0.15, -0.1) is 0 Å². The van der Waals surface area contributed by atoms with E-state index in [9.17, 15) is 5.11 Å². The maximum atomic E-state index is 10.0. The van der Waals surface area contributed by atoms with Crippen LogP contribution >= 0.6 is 0 Å². The van der Waals surface area contributed by atoms with Crippen LogP contribution in [0.25, 0.3) is 0 Å². The molecule has 24 heavy (non-hydrogen) atoms. The van der Waals surface area contributed by atoms with Crippen molar-refractivity contribution in [1.82, 2.24) is 0 Å². The van der Waals surface area contributed by atoms with Crippen LogP contribution in [0.5, 0.6) is 0 Å². The Labute approximate surface area is 153 Å². The van der Waals surface area contributed by atoms with Crippen molar-refractivity contribution in [3.63, 3.8) is 0 Å². The number of rotatable bonds is 12. The van der Waals surface area contributed by atoms with Gasteiger partial charge in [0.1, 0.15) is 15.7 Å². The lowest BCUT2D eigenvalue weighted by Gasteiger charge is -2.44. The summed E-state index contributed by atoms with van der Waals surface area (Å²) >= 11 is 0. The molecule has 0 aromatic carbocycles. The fourth-order valence-corrected chi connectivity index (χ4v) is 2.55. The van der Waals surface area contributed by atoms with Crippen molar-refractivity contribution in [2.24, 2.45) is 5.41 Å². The molecule has 0 saturated heterocycles. The molecule has 0 aliphatic carbocycles. The average Bonchev–Trinajstić information content (AvgIpc) is 2.34. The monoisotopic (exact) mass is 340 g/mol. The van der Waals surface area contributed by atoms with Crippen LogP contribution in [-0.2, 0) is 9.47 Å². The zero-order valence-corrected chi connectivity index (χ0v) is 18.1. The van der Waals surface area contributed by atoms with Gasteiger partial charge in [0, 0.05) is 18.6 Å². The first-order valence-corrected chi connectivity index (χ1v) is 9.48. The van der Waals surface area contributed by atoms with E-state index >= 15 is 0 Å². The molecule has 5 heteroatoms. The van der Waals surface area contributed by atoms with Crippen molar-refractivity contribution in [1.29, 1.82) is 0 Å². The predicted octanol–water partition coefficient (Wildman–Crippen LogP) is 3.02. The summed E-state index contributed by atoms with van der Waals surface area (Å²) in [6.07, 6.45) is 2.94. The maximum absolute atomic E-state index is 10.0. The molecule has 0 fully saturated rings. The summed E-state index contributed by atoms with van der Waals surface area (Å²) < 4.78 is 12.2. The molecule has 2 atom stereocenters. The van der Waals surface area contributed by atoms with E-state index in [0.717, 1.165) is 25.9 Å². The average molecular weight is 340 g/mol. The Balaban J connectivity index is 4.62. The largest absolute Gasteiger partial charge is 0.396 e. The highest BCUT2D eigenvalue weighted by atomic mass is 16.5. The third kappa shape index (κ3) is 9.48. The van der Waals surface area contributed by atoms with Gasteiger partial charge in [0.2, 0.25) is 0 Å². The van der Waals surface area contributed by atoms with Crippen molar-refractivity contribution in [2.75, 3.05) is 19.8 Å². The van der Waals surface area contributed by atoms with E-state index in [1.54, 1.807) is 0 Å². The number of hydrogen-bond donors (Lipinski definition) is 1. The van der Waals surface area contributed by atoms with E-state index in [1.807, 2.05) is 0 Å². The van der Waals surface area contributed by atoms with Gasteiger partial charge in [0.05, 0.1) is 18.3 Å². The van der Waals surface area contributed by atoms with Gasteiger partial charge < -0.3 is 14.6 Å². The molecule has 0 rings (SSSR count). The standard InChI is InChI=1S/C19H42B2O3/c1-15(23-11-9-16(2,3)20)13-19(8,14-22)18(6,7)24-12-10-17(4,5)21/h15,22H,9-14,20-21H2,1-8H3. The lowest BCUT2D eigenvalue weighted by atomic mass is 9.70. The molecule has 0 radical (unpaired) electrons. The first kappa shape index (κ1) is 24.0. The normalized spacial score (nSPS) is 17.5. The van der Waals surface area contributed by atoms with Gasteiger partial charge in [-0.05, 0) is 40.0 Å². The Hall–Kier alpha value is 0.00987. The summed E-state index contributed by atoms with van der Waals surface area (Å²) in [5.74, 6) is 0. The number of ether oxygens (including phenoxy) is 2. The van der Waals surface area contributed by atoms with Crippen molar-refractivity contribution >= 4 is 15.7 Å². The summed E-state index contributed by atoms with van der Waals surface area (Å²) in [7, 11) is 4.45. The van der Waals surface area contributed by atoms with Crippen LogP contribution < -0.4 is 0 Å².